The minimum Gasteiger partial charge on any atom is -0.381 e. The molecule has 0 spiro atoms. The molecule has 2 heterocycles. The minimum atomic E-state index is -3.98. The molecule has 2 saturated heterocycles. The summed E-state index contributed by atoms with van der Waals surface area (Å²) >= 11 is 0. The molecular formula is C13H22F2O6S. The van der Waals surface area contributed by atoms with Crippen molar-refractivity contribution in [3.8, 4) is 0 Å². The Labute approximate surface area is 129 Å². The summed E-state index contributed by atoms with van der Waals surface area (Å²) in [5.74, 6) is -4.19. The smallest absolute Gasteiger partial charge is 0.278 e. The van der Waals surface area contributed by atoms with E-state index in [1.807, 2.05) is 0 Å². The lowest BCUT2D eigenvalue weighted by molar-refractivity contribution is -0.163. The molecule has 2 rings (SSSR count). The maximum atomic E-state index is 14.7. The van der Waals surface area contributed by atoms with Crippen LogP contribution in [0.4, 0.5) is 8.78 Å². The Morgan fingerprint density at radius 3 is 2.32 bits per heavy atom. The summed E-state index contributed by atoms with van der Waals surface area (Å²) in [5, 5.41) is 0. The first-order valence-electron chi connectivity index (χ1n) is 7.36. The molecule has 0 saturated carbocycles. The minimum absolute atomic E-state index is 0.151. The Morgan fingerprint density at radius 2 is 1.77 bits per heavy atom. The Bertz CT molecular complexity index is 443. The molecule has 0 bridgehead atoms. The van der Waals surface area contributed by atoms with E-state index in [-0.39, 0.29) is 38.9 Å². The third-order valence-corrected chi connectivity index (χ3v) is 4.42. The predicted octanol–water partition coefficient (Wildman–Crippen LogP) is 1.55. The Balaban J connectivity index is 2.03. The van der Waals surface area contributed by atoms with Gasteiger partial charge in [-0.25, -0.2) is 8.78 Å². The van der Waals surface area contributed by atoms with Gasteiger partial charge in [0.05, 0.1) is 19.5 Å². The summed E-state index contributed by atoms with van der Waals surface area (Å²) < 4.78 is 72.1. The third kappa shape index (κ3) is 5.09. The van der Waals surface area contributed by atoms with Crippen LogP contribution in [-0.4, -0.2) is 59.4 Å². The molecule has 2 aliphatic rings. The quantitative estimate of drug-likeness (QED) is 0.653. The van der Waals surface area contributed by atoms with Gasteiger partial charge in [0.2, 0.25) is 0 Å². The Kier molecular flexibility index (Phi) is 6.12. The van der Waals surface area contributed by atoms with Gasteiger partial charge in [0.1, 0.15) is 6.10 Å². The fourth-order valence-corrected chi connectivity index (χ4v) is 3.37. The zero-order valence-electron chi connectivity index (χ0n) is 12.5. The van der Waals surface area contributed by atoms with Gasteiger partial charge in [-0.3, -0.25) is 4.18 Å². The van der Waals surface area contributed by atoms with Crippen molar-refractivity contribution in [1.29, 1.82) is 0 Å². The van der Waals surface area contributed by atoms with Crippen LogP contribution >= 0.6 is 0 Å². The van der Waals surface area contributed by atoms with Crippen molar-refractivity contribution in [1.82, 2.24) is 0 Å². The molecule has 2 aliphatic heterocycles. The highest BCUT2D eigenvalue weighted by Crippen LogP contribution is 2.39. The van der Waals surface area contributed by atoms with Crippen molar-refractivity contribution in [3.05, 3.63) is 0 Å². The number of hydrogen-bond donors (Lipinski definition) is 0. The lowest BCUT2D eigenvalue weighted by Crippen LogP contribution is -2.45. The maximum absolute atomic E-state index is 14.7. The lowest BCUT2D eigenvalue weighted by atomic mass is 9.88. The van der Waals surface area contributed by atoms with Crippen molar-refractivity contribution in [2.24, 2.45) is 5.92 Å². The van der Waals surface area contributed by atoms with Crippen LogP contribution in [0, 0.1) is 5.92 Å². The Morgan fingerprint density at radius 1 is 1.18 bits per heavy atom. The van der Waals surface area contributed by atoms with Crippen molar-refractivity contribution < 1.29 is 35.6 Å². The topological polar surface area (TPSA) is 71.1 Å². The average Bonchev–Trinajstić information content (AvgIpc) is 2.96. The molecule has 0 amide bonds. The van der Waals surface area contributed by atoms with Gasteiger partial charge < -0.3 is 14.2 Å². The molecule has 0 aliphatic carbocycles. The van der Waals surface area contributed by atoms with Crippen LogP contribution in [0.5, 0.6) is 0 Å². The fourth-order valence-electron chi connectivity index (χ4n) is 2.72. The summed E-state index contributed by atoms with van der Waals surface area (Å²) in [5.41, 5.74) is 0. The van der Waals surface area contributed by atoms with Crippen molar-refractivity contribution >= 4 is 10.1 Å². The molecule has 6 nitrogen and oxygen atoms in total. The molecule has 22 heavy (non-hydrogen) atoms. The lowest BCUT2D eigenvalue weighted by Gasteiger charge is -2.35. The SMILES string of the molecule is CS(=O)(=O)OC(CCC1OCCO1)C(F)(F)C1CCOCC1. The molecule has 2 fully saturated rings. The second kappa shape index (κ2) is 7.48. The van der Waals surface area contributed by atoms with Gasteiger partial charge in [0.25, 0.3) is 16.0 Å². The Hall–Kier alpha value is -0.350. The number of rotatable bonds is 7. The predicted molar refractivity (Wildman–Crippen MR) is 73.1 cm³/mol. The van der Waals surface area contributed by atoms with Crippen molar-refractivity contribution in [2.75, 3.05) is 32.7 Å². The van der Waals surface area contributed by atoms with E-state index >= 15 is 0 Å². The van der Waals surface area contributed by atoms with E-state index in [2.05, 4.69) is 4.18 Å². The summed E-state index contributed by atoms with van der Waals surface area (Å²) in [6, 6.07) is 0. The molecule has 1 atom stereocenters. The molecule has 1 unspecified atom stereocenters. The van der Waals surface area contributed by atoms with Crippen LogP contribution in [0.1, 0.15) is 25.7 Å². The molecule has 9 heteroatoms. The normalized spacial score (nSPS) is 23.8. The van der Waals surface area contributed by atoms with Gasteiger partial charge in [-0.1, -0.05) is 0 Å². The summed E-state index contributed by atoms with van der Waals surface area (Å²) in [7, 11) is -3.98. The molecule has 130 valence electrons. The average molecular weight is 344 g/mol. The van der Waals surface area contributed by atoms with Crippen LogP contribution in [0.25, 0.3) is 0 Å². The highest BCUT2D eigenvalue weighted by molar-refractivity contribution is 7.86. The van der Waals surface area contributed by atoms with Gasteiger partial charge in [-0.2, -0.15) is 8.42 Å². The molecule has 0 N–H and O–H groups in total. The first-order chi connectivity index (χ1) is 10.3. The van der Waals surface area contributed by atoms with Crippen LogP contribution < -0.4 is 0 Å². The van der Waals surface area contributed by atoms with Gasteiger partial charge in [-0.05, 0) is 19.3 Å². The summed E-state index contributed by atoms with van der Waals surface area (Å²) in [4.78, 5) is 0. The number of alkyl halides is 2. The second-order valence-electron chi connectivity index (χ2n) is 5.60. The molecule has 0 aromatic carbocycles. The van der Waals surface area contributed by atoms with E-state index in [0.717, 1.165) is 6.26 Å². The van der Waals surface area contributed by atoms with E-state index in [9.17, 15) is 17.2 Å². The number of ether oxygens (including phenoxy) is 3. The van der Waals surface area contributed by atoms with E-state index in [1.165, 1.54) is 0 Å². The maximum Gasteiger partial charge on any atom is 0.278 e. The molecule has 0 radical (unpaired) electrons. The standard InChI is InChI=1S/C13H22F2O6S/c1-22(16,17)21-11(2-3-12-19-8-9-20-12)13(14,15)10-4-6-18-7-5-10/h10-12H,2-9H2,1H3. The van der Waals surface area contributed by atoms with Crippen LogP contribution in [0.15, 0.2) is 0 Å². The zero-order valence-corrected chi connectivity index (χ0v) is 13.3. The summed E-state index contributed by atoms with van der Waals surface area (Å²) in [6.45, 7) is 1.33. The van der Waals surface area contributed by atoms with E-state index in [4.69, 9.17) is 14.2 Å². The van der Waals surface area contributed by atoms with Crippen molar-refractivity contribution in [2.45, 2.75) is 44.0 Å². The highest BCUT2D eigenvalue weighted by atomic mass is 32.2. The van der Waals surface area contributed by atoms with E-state index < -0.39 is 34.4 Å². The van der Waals surface area contributed by atoms with Crippen LogP contribution in [0.3, 0.4) is 0 Å². The van der Waals surface area contributed by atoms with Crippen LogP contribution in [0.2, 0.25) is 0 Å². The second-order valence-corrected chi connectivity index (χ2v) is 7.20. The number of halogens is 2. The summed E-state index contributed by atoms with van der Waals surface area (Å²) in [6.07, 6.45) is -1.11. The van der Waals surface area contributed by atoms with E-state index in [1.54, 1.807) is 0 Å². The zero-order chi connectivity index (χ0) is 16.2. The first kappa shape index (κ1) is 18.0. The monoisotopic (exact) mass is 344 g/mol. The molecule has 0 aromatic rings. The van der Waals surface area contributed by atoms with Crippen LogP contribution in [-0.2, 0) is 28.5 Å². The first-order valence-corrected chi connectivity index (χ1v) is 9.17. The fraction of sp³-hybridized carbons (Fsp3) is 1.00. The van der Waals surface area contributed by atoms with Crippen molar-refractivity contribution in [3.63, 3.8) is 0 Å². The van der Waals surface area contributed by atoms with Gasteiger partial charge >= 0.3 is 0 Å². The largest absolute Gasteiger partial charge is 0.381 e. The van der Waals surface area contributed by atoms with E-state index in [0.29, 0.717) is 13.2 Å². The highest BCUT2D eigenvalue weighted by Gasteiger charge is 2.49. The van der Waals surface area contributed by atoms with Gasteiger partial charge in [0.15, 0.2) is 6.29 Å². The van der Waals surface area contributed by atoms with Gasteiger partial charge in [0, 0.05) is 25.6 Å². The van der Waals surface area contributed by atoms with Gasteiger partial charge in [-0.15, -0.1) is 0 Å². The third-order valence-electron chi connectivity index (χ3n) is 3.84. The number of hydrogen-bond acceptors (Lipinski definition) is 6. The molecule has 0 aromatic heterocycles. The molecular weight excluding hydrogens is 322 g/mol.